The zero-order chi connectivity index (χ0) is 17.7. The van der Waals surface area contributed by atoms with Crippen LogP contribution in [0.1, 0.15) is 36.8 Å². The van der Waals surface area contributed by atoms with Crippen LogP contribution >= 0.6 is 0 Å². The molecule has 24 heavy (non-hydrogen) atoms. The van der Waals surface area contributed by atoms with E-state index in [4.69, 9.17) is 0 Å². The lowest BCUT2D eigenvalue weighted by molar-refractivity contribution is -0.137. The average Bonchev–Trinajstić information content (AvgIpc) is 2.67. The van der Waals surface area contributed by atoms with Crippen molar-refractivity contribution in [1.82, 2.24) is 0 Å². The van der Waals surface area contributed by atoms with Crippen molar-refractivity contribution in [3.05, 3.63) is 35.1 Å². The van der Waals surface area contributed by atoms with E-state index in [0.29, 0.717) is 18.9 Å². The van der Waals surface area contributed by atoms with E-state index >= 15 is 0 Å². The molecule has 2 saturated heterocycles. The summed E-state index contributed by atoms with van der Waals surface area (Å²) < 4.78 is 75.5. The lowest BCUT2D eigenvalue weighted by atomic mass is 9.90. The van der Waals surface area contributed by atoms with Gasteiger partial charge in [0.25, 0.3) is 0 Å². The largest absolute Gasteiger partial charge is 0.416 e. The summed E-state index contributed by atoms with van der Waals surface area (Å²) in [6, 6.07) is 2.11. The van der Waals surface area contributed by atoms with Crippen molar-refractivity contribution in [2.45, 2.75) is 48.8 Å². The number of carbonyl (C=O) groups is 1. The van der Waals surface area contributed by atoms with Crippen LogP contribution in [0.4, 0.5) is 17.6 Å². The second-order valence-corrected chi connectivity index (χ2v) is 9.04. The number of alkyl halides is 3. The highest BCUT2D eigenvalue weighted by molar-refractivity contribution is 7.93. The Hall–Kier alpha value is -1.44. The quantitative estimate of drug-likeness (QED) is 0.774. The monoisotopic (exact) mass is 364 g/mol. The molecular formula is C16H16F4O3S. The van der Waals surface area contributed by atoms with E-state index in [-0.39, 0.29) is 30.6 Å². The summed E-state index contributed by atoms with van der Waals surface area (Å²) in [6.45, 7) is 0. The van der Waals surface area contributed by atoms with Gasteiger partial charge in [0.1, 0.15) is 11.6 Å². The molecule has 0 radical (unpaired) electrons. The molecule has 2 atom stereocenters. The van der Waals surface area contributed by atoms with Gasteiger partial charge in [0, 0.05) is 12.3 Å². The molecule has 1 aromatic carbocycles. The van der Waals surface area contributed by atoms with Gasteiger partial charge in [0.15, 0.2) is 9.84 Å². The molecule has 2 bridgehead atoms. The summed E-state index contributed by atoms with van der Waals surface area (Å²) >= 11 is 0. The number of halogens is 4. The fourth-order valence-corrected chi connectivity index (χ4v) is 6.14. The minimum Gasteiger partial charge on any atom is -0.299 e. The standard InChI is InChI=1S/C16H16F4O3S/c17-14-8-11(16(18,19)20)2-1-9(14)7-15(21)10-5-12-3-4-13(6-10)24(12,22)23/h1-2,8,10,12-13H,3-7H2. The van der Waals surface area contributed by atoms with E-state index in [0.717, 1.165) is 12.1 Å². The molecule has 3 rings (SSSR count). The molecule has 1 aromatic rings. The van der Waals surface area contributed by atoms with Crippen LogP contribution in [-0.2, 0) is 27.2 Å². The Bertz CT molecular complexity index is 750. The number of sulfone groups is 1. The first-order valence-electron chi connectivity index (χ1n) is 7.70. The van der Waals surface area contributed by atoms with Gasteiger partial charge in [0.05, 0.1) is 16.1 Å². The van der Waals surface area contributed by atoms with Crippen molar-refractivity contribution in [1.29, 1.82) is 0 Å². The fraction of sp³-hybridized carbons (Fsp3) is 0.562. The van der Waals surface area contributed by atoms with Crippen LogP contribution in [0.15, 0.2) is 18.2 Å². The smallest absolute Gasteiger partial charge is 0.299 e. The van der Waals surface area contributed by atoms with Crippen molar-refractivity contribution in [2.75, 3.05) is 0 Å². The van der Waals surface area contributed by atoms with Crippen LogP contribution in [0.25, 0.3) is 0 Å². The van der Waals surface area contributed by atoms with Gasteiger partial charge in [-0.05, 0) is 43.4 Å². The number of fused-ring (bicyclic) bond motifs is 2. The van der Waals surface area contributed by atoms with Gasteiger partial charge in [-0.3, -0.25) is 4.79 Å². The maximum absolute atomic E-state index is 13.8. The van der Waals surface area contributed by atoms with Crippen molar-refractivity contribution >= 4 is 15.6 Å². The maximum atomic E-state index is 13.8. The van der Waals surface area contributed by atoms with E-state index < -0.39 is 43.8 Å². The molecule has 132 valence electrons. The van der Waals surface area contributed by atoms with Gasteiger partial charge in [-0.15, -0.1) is 0 Å². The molecule has 0 N–H and O–H groups in total. The average molecular weight is 364 g/mol. The van der Waals surface area contributed by atoms with Crippen LogP contribution < -0.4 is 0 Å². The molecule has 2 aliphatic heterocycles. The molecule has 0 spiro atoms. The number of benzene rings is 1. The Kier molecular flexibility index (Phi) is 4.22. The molecule has 0 amide bonds. The fourth-order valence-electron chi connectivity index (χ4n) is 3.67. The van der Waals surface area contributed by atoms with Crippen molar-refractivity contribution in [3.63, 3.8) is 0 Å². The lowest BCUT2D eigenvalue weighted by Gasteiger charge is -2.27. The van der Waals surface area contributed by atoms with Gasteiger partial charge in [-0.25, -0.2) is 12.8 Å². The van der Waals surface area contributed by atoms with Crippen molar-refractivity contribution in [3.8, 4) is 0 Å². The van der Waals surface area contributed by atoms with Gasteiger partial charge in [-0.1, -0.05) is 6.07 Å². The van der Waals surface area contributed by atoms with E-state index in [1.807, 2.05) is 0 Å². The summed E-state index contributed by atoms with van der Waals surface area (Å²) in [5.41, 5.74) is -1.19. The Labute approximate surface area is 137 Å². The van der Waals surface area contributed by atoms with Gasteiger partial charge in [-0.2, -0.15) is 13.2 Å². The van der Waals surface area contributed by atoms with Gasteiger partial charge in [0.2, 0.25) is 0 Å². The SMILES string of the molecule is O=C(Cc1ccc(C(F)(F)F)cc1F)C1CC2CCC(C1)S2(=O)=O. The number of rotatable bonds is 3. The summed E-state index contributed by atoms with van der Waals surface area (Å²) in [5.74, 6) is -1.84. The van der Waals surface area contributed by atoms with Crippen molar-refractivity contribution < 1.29 is 30.8 Å². The summed E-state index contributed by atoms with van der Waals surface area (Å²) in [5, 5.41) is -1.02. The van der Waals surface area contributed by atoms with Crippen LogP contribution in [0, 0.1) is 11.7 Å². The first kappa shape index (κ1) is 17.4. The molecule has 2 heterocycles. The predicted molar refractivity (Wildman–Crippen MR) is 78.6 cm³/mol. The summed E-state index contributed by atoms with van der Waals surface area (Å²) in [7, 11) is -3.15. The topological polar surface area (TPSA) is 51.2 Å². The molecule has 0 aliphatic carbocycles. The van der Waals surface area contributed by atoms with Gasteiger partial charge < -0.3 is 0 Å². The Morgan fingerprint density at radius 2 is 1.71 bits per heavy atom. The number of Topliss-reactive ketones (excluding diaryl/α,β-unsaturated/α-hetero) is 1. The molecule has 0 aromatic heterocycles. The molecule has 8 heteroatoms. The van der Waals surface area contributed by atoms with Crippen LogP contribution in [-0.4, -0.2) is 24.7 Å². The molecule has 0 saturated carbocycles. The Morgan fingerprint density at radius 1 is 1.12 bits per heavy atom. The Morgan fingerprint density at radius 3 is 2.21 bits per heavy atom. The first-order chi connectivity index (χ1) is 11.1. The molecular weight excluding hydrogens is 348 g/mol. The normalized spacial score (nSPS) is 28.8. The zero-order valence-corrected chi connectivity index (χ0v) is 13.5. The first-order valence-corrected chi connectivity index (χ1v) is 9.31. The van der Waals surface area contributed by atoms with Crippen LogP contribution in [0.2, 0.25) is 0 Å². The second kappa shape index (κ2) is 5.82. The molecule has 2 fully saturated rings. The third kappa shape index (κ3) is 3.08. The second-order valence-electron chi connectivity index (χ2n) is 6.53. The lowest BCUT2D eigenvalue weighted by Crippen LogP contribution is -2.36. The Balaban J connectivity index is 1.72. The van der Waals surface area contributed by atoms with Gasteiger partial charge >= 0.3 is 6.18 Å². The van der Waals surface area contributed by atoms with E-state index in [1.54, 1.807) is 0 Å². The highest BCUT2D eigenvalue weighted by Crippen LogP contribution is 2.41. The maximum Gasteiger partial charge on any atom is 0.416 e. The van der Waals surface area contributed by atoms with Crippen LogP contribution in [0.3, 0.4) is 0 Å². The number of hydrogen-bond donors (Lipinski definition) is 0. The van der Waals surface area contributed by atoms with E-state index in [1.165, 1.54) is 0 Å². The predicted octanol–water partition coefficient (Wildman–Crippen LogP) is 3.31. The molecule has 2 unspecified atom stereocenters. The van der Waals surface area contributed by atoms with Crippen molar-refractivity contribution in [2.24, 2.45) is 5.92 Å². The van der Waals surface area contributed by atoms with Crippen LogP contribution in [0.5, 0.6) is 0 Å². The summed E-state index contributed by atoms with van der Waals surface area (Å²) in [6.07, 6.45) is -3.38. The third-order valence-corrected chi connectivity index (χ3v) is 7.75. The highest BCUT2D eigenvalue weighted by atomic mass is 32.2. The third-order valence-electron chi connectivity index (χ3n) is 5.04. The zero-order valence-electron chi connectivity index (χ0n) is 12.6. The molecule has 3 nitrogen and oxygen atoms in total. The molecule has 2 aliphatic rings. The minimum absolute atomic E-state index is 0.0891. The minimum atomic E-state index is -4.64. The highest BCUT2D eigenvalue weighted by Gasteiger charge is 2.48. The number of hydrogen-bond acceptors (Lipinski definition) is 3. The van der Waals surface area contributed by atoms with E-state index in [9.17, 15) is 30.8 Å². The van der Waals surface area contributed by atoms with E-state index in [2.05, 4.69) is 0 Å². The number of ketones is 1. The number of carbonyl (C=O) groups excluding carboxylic acids is 1. The summed E-state index contributed by atoms with van der Waals surface area (Å²) in [4.78, 5) is 12.3.